The van der Waals surface area contributed by atoms with Crippen LogP contribution in [0, 0.1) is 0 Å². The van der Waals surface area contributed by atoms with Gasteiger partial charge >= 0.3 is 0 Å². The molecule has 0 fully saturated rings. The fourth-order valence-corrected chi connectivity index (χ4v) is 1.56. The molecule has 0 aromatic heterocycles. The monoisotopic (exact) mass is 223 g/mol. The van der Waals surface area contributed by atoms with Crippen LogP contribution in [-0.4, -0.2) is 19.3 Å². The zero-order chi connectivity index (χ0) is 12.0. The Morgan fingerprint density at radius 2 is 1.69 bits per heavy atom. The molecule has 1 aromatic rings. The van der Waals surface area contributed by atoms with Crippen LogP contribution in [0.25, 0.3) is 0 Å². The van der Waals surface area contributed by atoms with Crippen LogP contribution in [0.4, 0.5) is 0 Å². The first-order valence-electron chi connectivity index (χ1n) is 5.52. The lowest BCUT2D eigenvalue weighted by Crippen LogP contribution is -2.25. The number of hydrogen-bond donors (Lipinski definition) is 1. The van der Waals surface area contributed by atoms with Crippen molar-refractivity contribution >= 4 is 0 Å². The molecule has 0 atom stereocenters. The predicted molar refractivity (Wildman–Crippen MR) is 65.1 cm³/mol. The highest BCUT2D eigenvalue weighted by Gasteiger charge is 2.16. The molecule has 0 aliphatic carbocycles. The van der Waals surface area contributed by atoms with Crippen LogP contribution in [0.2, 0.25) is 0 Å². The van der Waals surface area contributed by atoms with E-state index in [0.717, 1.165) is 12.8 Å². The minimum atomic E-state index is -0.109. The van der Waals surface area contributed by atoms with Gasteiger partial charge in [0.2, 0.25) is 0 Å². The van der Waals surface area contributed by atoms with Crippen molar-refractivity contribution < 1.29 is 9.57 Å². The van der Waals surface area contributed by atoms with Gasteiger partial charge in [-0.2, -0.15) is 0 Å². The summed E-state index contributed by atoms with van der Waals surface area (Å²) in [4.78, 5) is 4.55. The number of benzene rings is 1. The van der Waals surface area contributed by atoms with E-state index in [1.165, 1.54) is 11.1 Å². The summed E-state index contributed by atoms with van der Waals surface area (Å²) in [5.41, 5.74) is 2.41. The zero-order valence-electron chi connectivity index (χ0n) is 10.3. The molecule has 0 radical (unpaired) electrons. The summed E-state index contributed by atoms with van der Waals surface area (Å²) in [5.74, 6) is 4.99. The van der Waals surface area contributed by atoms with Crippen LogP contribution in [0.3, 0.4) is 0 Å². The smallest absolute Gasteiger partial charge is 0.0719 e. The van der Waals surface area contributed by atoms with Gasteiger partial charge in [-0.1, -0.05) is 24.3 Å². The zero-order valence-corrected chi connectivity index (χ0v) is 10.3. The molecule has 2 N–H and O–H groups in total. The Morgan fingerprint density at radius 3 is 2.19 bits per heavy atom. The van der Waals surface area contributed by atoms with Crippen molar-refractivity contribution in [1.82, 2.24) is 0 Å². The molecule has 0 amide bonds. The number of ether oxygens (including phenoxy) is 1. The molecule has 0 saturated carbocycles. The van der Waals surface area contributed by atoms with Gasteiger partial charge in [-0.15, -0.1) is 0 Å². The second kappa shape index (κ2) is 5.99. The van der Waals surface area contributed by atoms with E-state index >= 15 is 0 Å². The molecule has 0 spiro atoms. The van der Waals surface area contributed by atoms with E-state index < -0.39 is 0 Å². The fraction of sp³-hybridized carbons (Fsp3) is 0.538. The topological polar surface area (TPSA) is 44.5 Å². The van der Waals surface area contributed by atoms with Gasteiger partial charge in [-0.3, -0.25) is 0 Å². The third kappa shape index (κ3) is 4.31. The Kier molecular flexibility index (Phi) is 4.93. The Labute approximate surface area is 97.5 Å². The minimum absolute atomic E-state index is 0.109. The maximum atomic E-state index is 5.40. The average Bonchev–Trinajstić information content (AvgIpc) is 2.28. The lowest BCUT2D eigenvalue weighted by atomic mass is 9.97. The summed E-state index contributed by atoms with van der Waals surface area (Å²) in [6.45, 7) is 4.73. The van der Waals surface area contributed by atoms with E-state index in [0.29, 0.717) is 6.61 Å². The van der Waals surface area contributed by atoms with Crippen molar-refractivity contribution in [3.05, 3.63) is 35.4 Å². The maximum absolute atomic E-state index is 5.40. The first kappa shape index (κ1) is 13.2. The molecule has 0 unspecified atom stereocenters. The first-order chi connectivity index (χ1) is 7.57. The number of nitrogens with two attached hydrogens (primary N) is 1. The minimum Gasteiger partial charge on any atom is -0.378 e. The Balaban J connectivity index is 2.57. The predicted octanol–water partition coefficient (Wildman–Crippen LogP) is 2.09. The Hall–Kier alpha value is -0.900. The SMILES string of the molecule is COC(C)(C)Cc1ccc(CCON)cc1. The van der Waals surface area contributed by atoms with Crippen LogP contribution in [0.5, 0.6) is 0 Å². The molecule has 1 aromatic carbocycles. The molecule has 0 aliphatic rings. The third-order valence-electron chi connectivity index (χ3n) is 2.71. The summed E-state index contributed by atoms with van der Waals surface area (Å²) < 4.78 is 5.40. The van der Waals surface area contributed by atoms with Gasteiger partial charge in [-0.05, 0) is 31.4 Å². The van der Waals surface area contributed by atoms with Gasteiger partial charge < -0.3 is 9.57 Å². The van der Waals surface area contributed by atoms with Crippen LogP contribution < -0.4 is 5.90 Å². The van der Waals surface area contributed by atoms with Crippen LogP contribution in [-0.2, 0) is 22.4 Å². The van der Waals surface area contributed by atoms with Crippen molar-refractivity contribution in [3.8, 4) is 0 Å². The quantitative estimate of drug-likeness (QED) is 0.751. The highest BCUT2D eigenvalue weighted by Crippen LogP contribution is 2.16. The van der Waals surface area contributed by atoms with E-state index in [-0.39, 0.29) is 5.60 Å². The number of rotatable bonds is 6. The summed E-state index contributed by atoms with van der Waals surface area (Å²) in [7, 11) is 1.74. The summed E-state index contributed by atoms with van der Waals surface area (Å²) >= 11 is 0. The van der Waals surface area contributed by atoms with Crippen LogP contribution in [0.15, 0.2) is 24.3 Å². The van der Waals surface area contributed by atoms with E-state index in [4.69, 9.17) is 10.6 Å². The molecule has 90 valence electrons. The van der Waals surface area contributed by atoms with E-state index in [2.05, 4.69) is 43.0 Å². The third-order valence-corrected chi connectivity index (χ3v) is 2.71. The van der Waals surface area contributed by atoms with E-state index in [1.54, 1.807) is 7.11 Å². The molecule has 1 rings (SSSR count). The summed E-state index contributed by atoms with van der Waals surface area (Å²) in [6.07, 6.45) is 1.77. The Bertz CT molecular complexity index is 306. The number of hydrogen-bond acceptors (Lipinski definition) is 3. The molecule has 0 aliphatic heterocycles. The number of methoxy groups -OCH3 is 1. The second-order valence-corrected chi connectivity index (χ2v) is 4.58. The van der Waals surface area contributed by atoms with Gasteiger partial charge in [0.15, 0.2) is 0 Å². The van der Waals surface area contributed by atoms with Gasteiger partial charge in [0.25, 0.3) is 0 Å². The summed E-state index contributed by atoms with van der Waals surface area (Å²) in [6, 6.07) is 8.49. The average molecular weight is 223 g/mol. The fourth-order valence-electron chi connectivity index (χ4n) is 1.56. The highest BCUT2D eigenvalue weighted by molar-refractivity contribution is 5.23. The first-order valence-corrected chi connectivity index (χ1v) is 5.52. The maximum Gasteiger partial charge on any atom is 0.0719 e. The molecule has 0 saturated heterocycles. The van der Waals surface area contributed by atoms with Crippen molar-refractivity contribution in [2.75, 3.05) is 13.7 Å². The second-order valence-electron chi connectivity index (χ2n) is 4.58. The standard InChI is InChI=1S/C13H21NO2/c1-13(2,15-3)10-12-6-4-11(5-7-12)8-9-16-14/h4-7H,8-10,14H2,1-3H3. The molecule has 3 heteroatoms. The molecule has 3 nitrogen and oxygen atoms in total. The van der Waals surface area contributed by atoms with Gasteiger partial charge in [0.05, 0.1) is 12.2 Å². The van der Waals surface area contributed by atoms with Crippen molar-refractivity contribution in [1.29, 1.82) is 0 Å². The molecule has 0 heterocycles. The van der Waals surface area contributed by atoms with Crippen LogP contribution >= 0.6 is 0 Å². The van der Waals surface area contributed by atoms with Crippen molar-refractivity contribution in [2.45, 2.75) is 32.3 Å². The molecule has 0 bridgehead atoms. The van der Waals surface area contributed by atoms with Gasteiger partial charge in [-0.25, -0.2) is 5.90 Å². The van der Waals surface area contributed by atoms with Crippen molar-refractivity contribution in [2.24, 2.45) is 5.90 Å². The normalized spacial score (nSPS) is 11.8. The highest BCUT2D eigenvalue weighted by atomic mass is 16.6. The molecule has 16 heavy (non-hydrogen) atoms. The van der Waals surface area contributed by atoms with Gasteiger partial charge in [0, 0.05) is 13.5 Å². The summed E-state index contributed by atoms with van der Waals surface area (Å²) in [5, 5.41) is 0. The van der Waals surface area contributed by atoms with E-state index in [1.807, 2.05) is 0 Å². The lowest BCUT2D eigenvalue weighted by Gasteiger charge is -2.22. The van der Waals surface area contributed by atoms with Crippen LogP contribution in [0.1, 0.15) is 25.0 Å². The van der Waals surface area contributed by atoms with Gasteiger partial charge in [0.1, 0.15) is 0 Å². The molecular weight excluding hydrogens is 202 g/mol. The lowest BCUT2D eigenvalue weighted by molar-refractivity contribution is 0.0232. The van der Waals surface area contributed by atoms with E-state index in [9.17, 15) is 0 Å². The van der Waals surface area contributed by atoms with Crippen molar-refractivity contribution in [3.63, 3.8) is 0 Å². The molecular formula is C13H21NO2. The largest absolute Gasteiger partial charge is 0.378 e. The Morgan fingerprint density at radius 1 is 1.12 bits per heavy atom.